The maximum absolute atomic E-state index is 12.1. The molecule has 0 aliphatic heterocycles. The quantitative estimate of drug-likeness (QED) is 0.587. The summed E-state index contributed by atoms with van der Waals surface area (Å²) < 4.78 is 36.2. The van der Waals surface area contributed by atoms with Crippen LogP contribution >= 0.6 is 0 Å². The Morgan fingerprint density at radius 2 is 2.00 bits per heavy atom. The van der Waals surface area contributed by atoms with Crippen LogP contribution in [0.2, 0.25) is 0 Å². The summed E-state index contributed by atoms with van der Waals surface area (Å²) in [7, 11) is 0. The van der Waals surface area contributed by atoms with Gasteiger partial charge in [0.1, 0.15) is 0 Å². The third kappa shape index (κ3) is 1.50. The molecule has 2 atom stereocenters. The largest absolute Gasteiger partial charge is 0.417 e. The molecule has 0 amide bonds. The summed E-state index contributed by atoms with van der Waals surface area (Å²) in [6.07, 6.45) is -4.26. The summed E-state index contributed by atoms with van der Waals surface area (Å²) in [4.78, 5) is 0. The predicted molar refractivity (Wildman–Crippen MR) is 34.0 cm³/mol. The molecule has 1 aliphatic rings. The lowest BCUT2D eigenvalue weighted by molar-refractivity contribution is -0.258. The van der Waals surface area contributed by atoms with E-state index < -0.39 is 11.8 Å². The molecule has 0 saturated heterocycles. The Hall–Kier alpha value is -0.250. The monoisotopic (exact) mass is 168 g/mol. The van der Waals surface area contributed by atoms with Crippen LogP contribution in [0.4, 0.5) is 13.2 Å². The van der Waals surface area contributed by atoms with Crippen LogP contribution in [-0.4, -0.2) is 16.9 Å². The Morgan fingerprint density at radius 1 is 1.45 bits per heavy atom. The normalized spacial score (nSPS) is 39.5. The third-order valence-corrected chi connectivity index (χ3v) is 2.26. The molecule has 2 unspecified atom stereocenters. The molecule has 0 aromatic carbocycles. The topological polar surface area (TPSA) is 20.2 Å². The van der Waals surface area contributed by atoms with Crippen molar-refractivity contribution in [3.8, 4) is 0 Å². The molecule has 0 aromatic rings. The highest BCUT2D eigenvalue weighted by Gasteiger charge is 2.56. The van der Waals surface area contributed by atoms with E-state index in [1.807, 2.05) is 0 Å². The van der Waals surface area contributed by atoms with Crippen molar-refractivity contribution in [3.05, 3.63) is 0 Å². The molecule has 0 spiro atoms. The Labute approximate surface area is 63.2 Å². The van der Waals surface area contributed by atoms with Gasteiger partial charge in [-0.05, 0) is 25.2 Å². The second-order valence-electron chi connectivity index (χ2n) is 3.38. The fraction of sp³-hybridized carbons (Fsp3) is 1.00. The second-order valence-corrected chi connectivity index (χ2v) is 3.38. The number of hydrogen-bond acceptors (Lipinski definition) is 1. The standard InChI is InChI=1S/C7H11F3O/c1-5-2-3-6(11,4-5)7(8,9)10/h5,11H,2-4H2,1H3. The van der Waals surface area contributed by atoms with Crippen molar-refractivity contribution in [2.24, 2.45) is 5.92 Å². The van der Waals surface area contributed by atoms with Gasteiger partial charge in [-0.2, -0.15) is 13.2 Å². The van der Waals surface area contributed by atoms with Gasteiger partial charge in [-0.25, -0.2) is 0 Å². The minimum absolute atomic E-state index is 0.0124. The molecule has 0 heterocycles. The number of hydrogen-bond donors (Lipinski definition) is 1. The van der Waals surface area contributed by atoms with E-state index in [9.17, 15) is 13.2 Å². The zero-order valence-corrected chi connectivity index (χ0v) is 6.28. The summed E-state index contributed by atoms with van der Waals surface area (Å²) in [5.41, 5.74) is -2.40. The number of alkyl halides is 3. The van der Waals surface area contributed by atoms with Crippen molar-refractivity contribution in [2.45, 2.75) is 38.0 Å². The first kappa shape index (κ1) is 8.84. The Kier molecular flexibility index (Phi) is 1.90. The van der Waals surface area contributed by atoms with Crippen LogP contribution in [0, 0.1) is 5.92 Å². The molecule has 1 rings (SSSR count). The SMILES string of the molecule is CC1CCC(O)(C(F)(F)F)C1. The van der Waals surface area contributed by atoms with Crippen molar-refractivity contribution in [1.29, 1.82) is 0 Å². The Bertz CT molecular complexity index is 154. The first-order chi connectivity index (χ1) is 4.85. The minimum Gasteiger partial charge on any atom is -0.380 e. The number of rotatable bonds is 0. The van der Waals surface area contributed by atoms with Gasteiger partial charge in [0.2, 0.25) is 0 Å². The molecule has 0 bridgehead atoms. The van der Waals surface area contributed by atoms with E-state index in [-0.39, 0.29) is 18.8 Å². The molecule has 1 aliphatic carbocycles. The molecule has 11 heavy (non-hydrogen) atoms. The van der Waals surface area contributed by atoms with E-state index in [0.29, 0.717) is 6.42 Å². The summed E-state index contributed by atoms with van der Waals surface area (Å²) in [5.74, 6) is -0.0124. The Balaban J connectivity index is 2.69. The molecule has 1 N–H and O–H groups in total. The predicted octanol–water partition coefficient (Wildman–Crippen LogP) is 2.10. The second kappa shape index (κ2) is 2.37. The van der Waals surface area contributed by atoms with Crippen molar-refractivity contribution in [3.63, 3.8) is 0 Å². The van der Waals surface area contributed by atoms with E-state index in [1.54, 1.807) is 6.92 Å². The molecule has 66 valence electrons. The number of aliphatic hydroxyl groups is 1. The summed E-state index contributed by atoms with van der Waals surface area (Å²) in [5, 5.41) is 9.07. The van der Waals surface area contributed by atoms with Gasteiger partial charge in [-0.15, -0.1) is 0 Å². The van der Waals surface area contributed by atoms with Gasteiger partial charge in [0.05, 0.1) is 0 Å². The van der Waals surface area contributed by atoms with E-state index in [1.165, 1.54) is 0 Å². The minimum atomic E-state index is -4.45. The molecule has 0 aromatic heterocycles. The van der Waals surface area contributed by atoms with Gasteiger partial charge in [-0.3, -0.25) is 0 Å². The van der Waals surface area contributed by atoms with Gasteiger partial charge in [0.15, 0.2) is 5.60 Å². The number of halogens is 3. The zero-order valence-electron chi connectivity index (χ0n) is 6.28. The van der Waals surface area contributed by atoms with E-state index in [0.717, 1.165) is 0 Å². The molecule has 4 heteroatoms. The molecule has 1 nitrogen and oxygen atoms in total. The first-order valence-corrected chi connectivity index (χ1v) is 3.64. The van der Waals surface area contributed by atoms with Gasteiger partial charge in [-0.1, -0.05) is 6.92 Å². The molecule has 1 fully saturated rings. The van der Waals surface area contributed by atoms with Crippen molar-refractivity contribution in [1.82, 2.24) is 0 Å². The summed E-state index contributed by atoms with van der Waals surface area (Å²) >= 11 is 0. The van der Waals surface area contributed by atoms with Gasteiger partial charge >= 0.3 is 6.18 Å². The molecule has 1 saturated carbocycles. The lowest BCUT2D eigenvalue weighted by Crippen LogP contribution is -2.42. The van der Waals surface area contributed by atoms with Crippen LogP contribution in [0.15, 0.2) is 0 Å². The maximum atomic E-state index is 12.1. The van der Waals surface area contributed by atoms with Gasteiger partial charge in [0.25, 0.3) is 0 Å². The lowest BCUT2D eigenvalue weighted by Gasteiger charge is -2.25. The van der Waals surface area contributed by atoms with Crippen molar-refractivity contribution < 1.29 is 18.3 Å². The third-order valence-electron chi connectivity index (χ3n) is 2.26. The van der Waals surface area contributed by atoms with Gasteiger partial charge in [0, 0.05) is 0 Å². The van der Waals surface area contributed by atoms with E-state index in [2.05, 4.69) is 0 Å². The first-order valence-electron chi connectivity index (χ1n) is 3.64. The van der Waals surface area contributed by atoms with Crippen LogP contribution in [0.3, 0.4) is 0 Å². The Morgan fingerprint density at radius 3 is 2.18 bits per heavy atom. The van der Waals surface area contributed by atoms with Crippen molar-refractivity contribution >= 4 is 0 Å². The van der Waals surface area contributed by atoms with Crippen LogP contribution < -0.4 is 0 Å². The molecule has 0 radical (unpaired) electrons. The van der Waals surface area contributed by atoms with E-state index in [4.69, 9.17) is 5.11 Å². The highest BCUT2D eigenvalue weighted by atomic mass is 19.4. The zero-order chi connectivity index (χ0) is 8.70. The molecular weight excluding hydrogens is 157 g/mol. The fourth-order valence-corrected chi connectivity index (χ4v) is 1.52. The average Bonchev–Trinajstić information content (AvgIpc) is 2.10. The van der Waals surface area contributed by atoms with Crippen LogP contribution in [0.5, 0.6) is 0 Å². The van der Waals surface area contributed by atoms with Crippen LogP contribution in [-0.2, 0) is 0 Å². The summed E-state index contributed by atoms with van der Waals surface area (Å²) in [6, 6.07) is 0. The highest BCUT2D eigenvalue weighted by Crippen LogP contribution is 2.44. The van der Waals surface area contributed by atoms with E-state index >= 15 is 0 Å². The smallest absolute Gasteiger partial charge is 0.380 e. The lowest BCUT2D eigenvalue weighted by atomic mass is 10.0. The fourth-order valence-electron chi connectivity index (χ4n) is 1.52. The van der Waals surface area contributed by atoms with Crippen LogP contribution in [0.1, 0.15) is 26.2 Å². The average molecular weight is 168 g/mol. The molecular formula is C7H11F3O. The van der Waals surface area contributed by atoms with Gasteiger partial charge < -0.3 is 5.11 Å². The van der Waals surface area contributed by atoms with Crippen molar-refractivity contribution in [2.75, 3.05) is 0 Å². The summed E-state index contributed by atoms with van der Waals surface area (Å²) in [6.45, 7) is 1.73. The highest BCUT2D eigenvalue weighted by molar-refractivity contribution is 4.93. The van der Waals surface area contributed by atoms with Crippen LogP contribution in [0.25, 0.3) is 0 Å². The maximum Gasteiger partial charge on any atom is 0.417 e.